The van der Waals surface area contributed by atoms with Gasteiger partial charge in [-0.2, -0.15) is 0 Å². The smallest absolute Gasteiger partial charge is 0.308 e. The molecule has 0 atom stereocenters. The predicted molar refractivity (Wildman–Crippen MR) is 90.5 cm³/mol. The Kier molecular flexibility index (Phi) is 7.39. The molecule has 122 valence electrons. The quantitative estimate of drug-likeness (QED) is 0.611. The van der Waals surface area contributed by atoms with Gasteiger partial charge in [0.05, 0.1) is 19.8 Å². The Balaban J connectivity index is 4.71. The molecule has 3 nitrogen and oxygen atoms in total. The highest BCUT2D eigenvalue weighted by atomic mass is 32.5. The third-order valence-electron chi connectivity index (χ3n) is 1.97. The summed E-state index contributed by atoms with van der Waals surface area (Å²) in [6, 6.07) is 0. The molecule has 0 saturated carbocycles. The first-order chi connectivity index (χ1) is 8.62. The summed E-state index contributed by atoms with van der Waals surface area (Å²) in [6.45, 7) is 17.9. The number of hydrogen-bond donors (Lipinski definition) is 0. The molecule has 0 aliphatic carbocycles. The van der Waals surface area contributed by atoms with Crippen molar-refractivity contribution < 1.29 is 13.6 Å². The van der Waals surface area contributed by atoms with Crippen molar-refractivity contribution in [2.45, 2.75) is 62.3 Å². The molecule has 0 unspecified atom stereocenters. The molecule has 0 aromatic carbocycles. The summed E-state index contributed by atoms with van der Waals surface area (Å²) in [6.07, 6.45) is 0. The van der Waals surface area contributed by atoms with Crippen LogP contribution >= 0.6 is 6.72 Å². The van der Waals surface area contributed by atoms with Gasteiger partial charge in [-0.05, 0) is 28.1 Å². The Morgan fingerprint density at radius 3 is 0.950 bits per heavy atom. The fourth-order valence-corrected chi connectivity index (χ4v) is 3.26. The van der Waals surface area contributed by atoms with Gasteiger partial charge in [-0.25, -0.2) is 0 Å². The molecule has 0 radical (unpaired) electrons. The van der Waals surface area contributed by atoms with Crippen LogP contribution in [0.15, 0.2) is 0 Å². The van der Waals surface area contributed by atoms with Crippen molar-refractivity contribution in [1.82, 2.24) is 0 Å². The lowest BCUT2D eigenvalue weighted by Gasteiger charge is -2.30. The molecule has 0 aliphatic rings. The molecule has 0 aromatic heterocycles. The fraction of sp³-hybridized carbons (Fsp3) is 1.00. The van der Waals surface area contributed by atoms with Gasteiger partial charge in [0, 0.05) is 0 Å². The molecule has 0 amide bonds. The first-order valence-electron chi connectivity index (χ1n) is 7.16. The average molecular weight is 324 g/mol. The van der Waals surface area contributed by atoms with E-state index >= 15 is 0 Å². The van der Waals surface area contributed by atoms with Crippen molar-refractivity contribution in [2.75, 3.05) is 19.8 Å². The minimum atomic E-state index is -2.68. The van der Waals surface area contributed by atoms with Crippen LogP contribution in [0.5, 0.6) is 0 Å². The van der Waals surface area contributed by atoms with Crippen LogP contribution in [0.2, 0.25) is 0 Å². The first kappa shape index (κ1) is 20.5. The molecule has 0 fully saturated rings. The van der Waals surface area contributed by atoms with E-state index in [1.54, 1.807) is 0 Å². The Hall–Kier alpha value is 0.530. The third kappa shape index (κ3) is 12.3. The summed E-state index contributed by atoms with van der Waals surface area (Å²) in [5.41, 5.74) is 0.126. The van der Waals surface area contributed by atoms with Crippen LogP contribution in [0.3, 0.4) is 0 Å². The van der Waals surface area contributed by atoms with Crippen LogP contribution in [0.4, 0.5) is 0 Å². The van der Waals surface area contributed by atoms with E-state index in [4.69, 9.17) is 25.4 Å². The summed E-state index contributed by atoms with van der Waals surface area (Å²) in [5, 5.41) is 0. The zero-order valence-electron chi connectivity index (χ0n) is 14.7. The van der Waals surface area contributed by atoms with Crippen molar-refractivity contribution in [3.63, 3.8) is 0 Å². The van der Waals surface area contributed by atoms with Gasteiger partial charge < -0.3 is 13.6 Å². The lowest BCUT2D eigenvalue weighted by Crippen LogP contribution is -2.20. The minimum Gasteiger partial charge on any atom is -0.308 e. The molecule has 20 heavy (non-hydrogen) atoms. The molecular formula is C15H33O3PS. The Morgan fingerprint density at radius 2 is 0.800 bits per heavy atom. The topological polar surface area (TPSA) is 27.7 Å². The van der Waals surface area contributed by atoms with Crippen molar-refractivity contribution in [2.24, 2.45) is 16.2 Å². The Labute approximate surface area is 131 Å². The molecule has 0 N–H and O–H groups in total. The monoisotopic (exact) mass is 324 g/mol. The third-order valence-corrected chi connectivity index (χ3v) is 4.25. The van der Waals surface area contributed by atoms with Gasteiger partial charge in [0.1, 0.15) is 0 Å². The molecule has 5 heteroatoms. The molecule has 0 aliphatic heterocycles. The number of hydrogen-bond acceptors (Lipinski definition) is 4. The highest BCUT2D eigenvalue weighted by molar-refractivity contribution is 8.07. The van der Waals surface area contributed by atoms with Gasteiger partial charge >= 0.3 is 6.72 Å². The number of rotatable bonds is 6. The van der Waals surface area contributed by atoms with Crippen LogP contribution in [0.25, 0.3) is 0 Å². The van der Waals surface area contributed by atoms with Gasteiger partial charge in [-0.3, -0.25) is 0 Å². The predicted octanol–water partition coefficient (Wildman–Crippen LogP) is 5.40. The lowest BCUT2D eigenvalue weighted by atomic mass is 9.99. The zero-order valence-corrected chi connectivity index (χ0v) is 16.4. The summed E-state index contributed by atoms with van der Waals surface area (Å²) in [4.78, 5) is 0. The van der Waals surface area contributed by atoms with Gasteiger partial charge in [-0.15, -0.1) is 0 Å². The maximum atomic E-state index is 5.87. The SMILES string of the molecule is CC(C)(C)COP(=S)(OCC(C)(C)C)OCC(C)(C)C. The second-order valence-electron chi connectivity index (χ2n) is 8.95. The molecule has 0 aromatic rings. The van der Waals surface area contributed by atoms with Gasteiger partial charge in [-0.1, -0.05) is 62.3 Å². The summed E-state index contributed by atoms with van der Waals surface area (Å²) >= 11 is 5.55. The minimum absolute atomic E-state index is 0.0419. The average Bonchev–Trinajstić information content (AvgIpc) is 2.18. The van der Waals surface area contributed by atoms with Crippen LogP contribution < -0.4 is 0 Å². The Morgan fingerprint density at radius 1 is 0.600 bits per heavy atom. The fourth-order valence-electron chi connectivity index (χ4n) is 0.930. The highest BCUT2D eigenvalue weighted by Gasteiger charge is 2.28. The van der Waals surface area contributed by atoms with Crippen LogP contribution in [0.1, 0.15) is 62.3 Å². The van der Waals surface area contributed by atoms with E-state index in [0.29, 0.717) is 19.8 Å². The van der Waals surface area contributed by atoms with E-state index < -0.39 is 6.72 Å². The molecule has 0 rings (SSSR count). The lowest BCUT2D eigenvalue weighted by molar-refractivity contribution is 0.0803. The van der Waals surface area contributed by atoms with Gasteiger partial charge in [0.25, 0.3) is 0 Å². The van der Waals surface area contributed by atoms with E-state index in [1.807, 2.05) is 0 Å². The zero-order chi connectivity index (χ0) is 16.2. The maximum absolute atomic E-state index is 5.87. The molecule has 0 heterocycles. The summed E-state index contributed by atoms with van der Waals surface area (Å²) < 4.78 is 17.6. The largest absolute Gasteiger partial charge is 0.327 e. The molecule has 0 saturated heterocycles. The maximum Gasteiger partial charge on any atom is 0.327 e. The van der Waals surface area contributed by atoms with E-state index in [0.717, 1.165) is 0 Å². The summed E-state index contributed by atoms with van der Waals surface area (Å²) in [5.74, 6) is 0. The van der Waals surface area contributed by atoms with Crippen LogP contribution in [-0.4, -0.2) is 19.8 Å². The van der Waals surface area contributed by atoms with E-state index in [-0.39, 0.29) is 16.2 Å². The first-order valence-corrected chi connectivity index (χ1v) is 9.71. The van der Waals surface area contributed by atoms with E-state index in [2.05, 4.69) is 62.3 Å². The van der Waals surface area contributed by atoms with E-state index in [9.17, 15) is 0 Å². The second kappa shape index (κ2) is 7.19. The second-order valence-corrected chi connectivity index (χ2v) is 12.0. The van der Waals surface area contributed by atoms with Crippen LogP contribution in [-0.2, 0) is 25.4 Å². The molecule has 0 bridgehead atoms. The van der Waals surface area contributed by atoms with Crippen molar-refractivity contribution in [1.29, 1.82) is 0 Å². The van der Waals surface area contributed by atoms with Crippen molar-refractivity contribution in [3.05, 3.63) is 0 Å². The van der Waals surface area contributed by atoms with Gasteiger partial charge in [0.2, 0.25) is 0 Å². The molecular weight excluding hydrogens is 291 g/mol. The van der Waals surface area contributed by atoms with Crippen molar-refractivity contribution in [3.8, 4) is 0 Å². The normalized spacial score (nSPS) is 14.7. The highest BCUT2D eigenvalue weighted by Crippen LogP contribution is 2.52. The van der Waals surface area contributed by atoms with Crippen LogP contribution in [0, 0.1) is 16.2 Å². The van der Waals surface area contributed by atoms with Crippen molar-refractivity contribution >= 4 is 18.5 Å². The standard InChI is InChI=1S/C15H33O3PS/c1-13(2,3)10-16-19(20,17-11-14(4,5)6)18-12-15(7,8)9/h10-12H2,1-9H3. The summed E-state index contributed by atoms with van der Waals surface area (Å²) in [7, 11) is 0. The molecule has 0 spiro atoms. The van der Waals surface area contributed by atoms with Gasteiger partial charge in [0.15, 0.2) is 0 Å². The van der Waals surface area contributed by atoms with E-state index in [1.165, 1.54) is 0 Å². The Bertz CT molecular complexity index is 282.